The Morgan fingerprint density at radius 1 is 1.59 bits per heavy atom. The van der Waals surface area contributed by atoms with Crippen LogP contribution >= 0.6 is 0 Å². The average molecular weight is 242 g/mol. The molecule has 98 valence electrons. The standard InChI is InChI=1S/C12H22N2O3/c1-12(2,3)13-7-10(15)8-14-17-11(16)6-9-4-5-9/h8-10,13,15H,4-7H2,1-3H3. The largest absolute Gasteiger partial charge is 0.386 e. The predicted molar refractivity (Wildman–Crippen MR) is 65.7 cm³/mol. The summed E-state index contributed by atoms with van der Waals surface area (Å²) in [6.45, 7) is 6.40. The van der Waals surface area contributed by atoms with Crippen LogP contribution in [0.2, 0.25) is 0 Å². The molecule has 1 aliphatic rings. The molecule has 0 radical (unpaired) electrons. The van der Waals surface area contributed by atoms with Crippen molar-refractivity contribution in [3.8, 4) is 0 Å². The van der Waals surface area contributed by atoms with Crippen LogP contribution in [0.25, 0.3) is 0 Å². The smallest absolute Gasteiger partial charge is 0.335 e. The Kier molecular flexibility index (Phi) is 5.08. The van der Waals surface area contributed by atoms with Crippen LogP contribution in [-0.4, -0.2) is 35.5 Å². The molecule has 2 N–H and O–H groups in total. The lowest BCUT2D eigenvalue weighted by Crippen LogP contribution is -2.41. The first-order chi connectivity index (χ1) is 7.87. The number of nitrogens with zero attached hydrogens (tertiary/aromatic N) is 1. The van der Waals surface area contributed by atoms with Crippen molar-refractivity contribution in [2.75, 3.05) is 6.54 Å². The van der Waals surface area contributed by atoms with Crippen molar-refractivity contribution >= 4 is 12.2 Å². The number of β-amino-alcohol motifs (C(OH)–C–C–N with tert-alkyl or cyclic N) is 1. The van der Waals surface area contributed by atoms with Crippen LogP contribution in [0.15, 0.2) is 5.16 Å². The summed E-state index contributed by atoms with van der Waals surface area (Å²) in [6.07, 6.45) is 3.15. The SMILES string of the molecule is CC(C)(C)NCC(O)C=NOC(=O)CC1CC1. The number of hydrogen-bond donors (Lipinski definition) is 2. The normalized spacial score (nSPS) is 18.4. The van der Waals surface area contributed by atoms with Gasteiger partial charge in [-0.25, -0.2) is 4.79 Å². The van der Waals surface area contributed by atoms with Crippen LogP contribution in [0.4, 0.5) is 0 Å². The molecular weight excluding hydrogens is 220 g/mol. The van der Waals surface area contributed by atoms with Gasteiger partial charge in [-0.3, -0.25) is 0 Å². The molecule has 5 heteroatoms. The lowest BCUT2D eigenvalue weighted by atomic mass is 10.1. The number of aliphatic hydroxyl groups is 1. The van der Waals surface area contributed by atoms with Crippen LogP contribution in [-0.2, 0) is 9.63 Å². The summed E-state index contributed by atoms with van der Waals surface area (Å²) in [6, 6.07) is 0. The van der Waals surface area contributed by atoms with Gasteiger partial charge >= 0.3 is 5.97 Å². The number of oxime groups is 1. The molecule has 0 spiro atoms. The van der Waals surface area contributed by atoms with Crippen molar-refractivity contribution < 1.29 is 14.7 Å². The molecule has 0 saturated heterocycles. The fraction of sp³-hybridized carbons (Fsp3) is 0.833. The maximum absolute atomic E-state index is 11.2. The van der Waals surface area contributed by atoms with Crippen molar-refractivity contribution in [3.05, 3.63) is 0 Å². The van der Waals surface area contributed by atoms with E-state index >= 15 is 0 Å². The van der Waals surface area contributed by atoms with E-state index in [4.69, 9.17) is 0 Å². The highest BCUT2D eigenvalue weighted by atomic mass is 16.7. The third-order valence-electron chi connectivity index (χ3n) is 2.38. The molecule has 1 unspecified atom stereocenters. The molecule has 17 heavy (non-hydrogen) atoms. The number of nitrogens with one attached hydrogen (secondary N) is 1. The Morgan fingerprint density at radius 2 is 2.24 bits per heavy atom. The van der Waals surface area contributed by atoms with Gasteiger partial charge in [0, 0.05) is 12.1 Å². The molecule has 0 aliphatic heterocycles. The average Bonchev–Trinajstić information content (AvgIpc) is 2.97. The van der Waals surface area contributed by atoms with Crippen LogP contribution < -0.4 is 5.32 Å². The first-order valence-corrected chi connectivity index (χ1v) is 6.03. The van der Waals surface area contributed by atoms with Gasteiger partial charge in [0.2, 0.25) is 0 Å². The van der Waals surface area contributed by atoms with Crippen LogP contribution in [0, 0.1) is 5.92 Å². The van der Waals surface area contributed by atoms with Crippen molar-refractivity contribution in [1.29, 1.82) is 0 Å². The van der Waals surface area contributed by atoms with Gasteiger partial charge in [0.15, 0.2) is 0 Å². The fourth-order valence-corrected chi connectivity index (χ4v) is 1.22. The lowest BCUT2D eigenvalue weighted by molar-refractivity contribution is -0.144. The third-order valence-corrected chi connectivity index (χ3v) is 2.38. The molecule has 5 nitrogen and oxygen atoms in total. The molecule has 0 aromatic heterocycles. The van der Waals surface area contributed by atoms with Crippen molar-refractivity contribution in [1.82, 2.24) is 5.32 Å². The summed E-state index contributed by atoms with van der Waals surface area (Å²) >= 11 is 0. The number of carbonyl (C=O) groups is 1. The minimum absolute atomic E-state index is 0.0581. The number of carbonyl (C=O) groups excluding carboxylic acids is 1. The highest BCUT2D eigenvalue weighted by Crippen LogP contribution is 2.32. The zero-order valence-electron chi connectivity index (χ0n) is 10.8. The minimum Gasteiger partial charge on any atom is -0.386 e. The summed E-state index contributed by atoms with van der Waals surface area (Å²) < 4.78 is 0. The van der Waals surface area contributed by atoms with E-state index in [2.05, 4.69) is 15.3 Å². The Bertz CT molecular complexity index is 280. The van der Waals surface area contributed by atoms with Gasteiger partial charge in [0.25, 0.3) is 0 Å². The summed E-state index contributed by atoms with van der Waals surface area (Å²) in [4.78, 5) is 15.8. The van der Waals surface area contributed by atoms with E-state index in [9.17, 15) is 9.90 Å². The second-order valence-corrected chi connectivity index (χ2v) is 5.56. The zero-order valence-corrected chi connectivity index (χ0v) is 10.8. The van der Waals surface area contributed by atoms with E-state index in [-0.39, 0.29) is 11.5 Å². The van der Waals surface area contributed by atoms with E-state index in [0.29, 0.717) is 18.9 Å². The topological polar surface area (TPSA) is 70.9 Å². The van der Waals surface area contributed by atoms with E-state index in [0.717, 1.165) is 12.8 Å². The molecule has 0 bridgehead atoms. The summed E-state index contributed by atoms with van der Waals surface area (Å²) in [5.41, 5.74) is -0.0581. The highest BCUT2D eigenvalue weighted by molar-refractivity contribution is 5.71. The summed E-state index contributed by atoms with van der Waals surface area (Å²) in [7, 11) is 0. The van der Waals surface area contributed by atoms with Crippen LogP contribution in [0.5, 0.6) is 0 Å². The van der Waals surface area contributed by atoms with E-state index in [1.165, 1.54) is 6.21 Å². The molecule has 0 amide bonds. The van der Waals surface area contributed by atoms with Crippen molar-refractivity contribution in [2.45, 2.75) is 51.7 Å². The lowest BCUT2D eigenvalue weighted by Gasteiger charge is -2.21. The van der Waals surface area contributed by atoms with Gasteiger partial charge in [-0.1, -0.05) is 5.16 Å². The predicted octanol–water partition coefficient (Wildman–Crippen LogP) is 1.06. The Hall–Kier alpha value is -0.940. The van der Waals surface area contributed by atoms with Crippen molar-refractivity contribution in [2.24, 2.45) is 11.1 Å². The maximum Gasteiger partial charge on any atom is 0.335 e. The first-order valence-electron chi connectivity index (χ1n) is 6.03. The molecule has 1 saturated carbocycles. The molecule has 1 atom stereocenters. The maximum atomic E-state index is 11.2. The van der Waals surface area contributed by atoms with Gasteiger partial charge < -0.3 is 15.3 Å². The van der Waals surface area contributed by atoms with Gasteiger partial charge in [-0.05, 0) is 39.5 Å². The summed E-state index contributed by atoms with van der Waals surface area (Å²) in [5, 5.41) is 16.1. The fourth-order valence-electron chi connectivity index (χ4n) is 1.22. The number of aliphatic hydroxyl groups excluding tert-OH is 1. The molecule has 0 aromatic rings. The van der Waals surface area contributed by atoms with Crippen LogP contribution in [0.1, 0.15) is 40.0 Å². The van der Waals surface area contributed by atoms with Gasteiger partial charge in [-0.15, -0.1) is 0 Å². The number of rotatable bonds is 6. The van der Waals surface area contributed by atoms with Crippen LogP contribution in [0.3, 0.4) is 0 Å². The molecule has 1 rings (SSSR count). The van der Waals surface area contributed by atoms with Gasteiger partial charge in [0.05, 0.1) is 12.6 Å². The molecular formula is C12H22N2O3. The first kappa shape index (κ1) is 14.1. The van der Waals surface area contributed by atoms with E-state index < -0.39 is 6.10 Å². The monoisotopic (exact) mass is 242 g/mol. The highest BCUT2D eigenvalue weighted by Gasteiger charge is 2.25. The van der Waals surface area contributed by atoms with E-state index in [1.807, 2.05) is 20.8 Å². The molecule has 0 heterocycles. The molecule has 0 aromatic carbocycles. The second kappa shape index (κ2) is 6.12. The third kappa shape index (κ3) is 7.88. The number of hydrogen-bond acceptors (Lipinski definition) is 5. The van der Waals surface area contributed by atoms with Gasteiger partial charge in [-0.2, -0.15) is 0 Å². The Labute approximate surface area is 102 Å². The molecule has 1 fully saturated rings. The second-order valence-electron chi connectivity index (χ2n) is 5.56. The Morgan fingerprint density at radius 3 is 2.76 bits per heavy atom. The van der Waals surface area contributed by atoms with E-state index in [1.54, 1.807) is 0 Å². The summed E-state index contributed by atoms with van der Waals surface area (Å²) in [5.74, 6) is 0.171. The molecule has 1 aliphatic carbocycles. The Balaban J connectivity index is 2.11. The zero-order chi connectivity index (χ0) is 12.9. The van der Waals surface area contributed by atoms with Crippen molar-refractivity contribution in [3.63, 3.8) is 0 Å². The quantitative estimate of drug-likeness (QED) is 0.415. The van der Waals surface area contributed by atoms with Gasteiger partial charge in [0.1, 0.15) is 6.10 Å². The minimum atomic E-state index is -0.747.